The average Bonchev–Trinajstić information content (AvgIpc) is 3.05. The van der Waals surface area contributed by atoms with E-state index in [4.69, 9.17) is 20.3 Å². The Hall–Kier alpha value is -5.69. The fourth-order valence-electron chi connectivity index (χ4n) is 4.01. The fourth-order valence-corrected chi connectivity index (χ4v) is 4.01. The van der Waals surface area contributed by atoms with Crippen LogP contribution in [0.5, 0.6) is 0 Å². The van der Waals surface area contributed by atoms with Gasteiger partial charge in [0, 0.05) is 37.2 Å². The van der Waals surface area contributed by atoms with Gasteiger partial charge in [0.05, 0.1) is 51.3 Å². The Bertz CT molecular complexity index is 1630. The van der Waals surface area contributed by atoms with Gasteiger partial charge in [-0.1, -0.05) is 0 Å². The summed E-state index contributed by atoms with van der Waals surface area (Å²) in [6.07, 6.45) is 0.835. The van der Waals surface area contributed by atoms with E-state index in [1.54, 1.807) is 12.1 Å². The number of H-pyrrole nitrogens is 1. The second-order valence-corrected chi connectivity index (χ2v) is 10.1. The highest BCUT2D eigenvalue weighted by molar-refractivity contribution is 5.97. The van der Waals surface area contributed by atoms with Gasteiger partial charge in [-0.3, -0.25) is 29.0 Å². The van der Waals surface area contributed by atoms with Crippen molar-refractivity contribution < 1.29 is 43.7 Å². The SMILES string of the molecule is Nc1nc2ncc(CNc3ccc(C(=O)N[C@@H](CCC(=O)NCCOCCOCCNC(=O)CCC(=O)O)C(=O)O)cc3)nc2c(=O)[nH]1. The standard InChI is InChI=1S/C29H37N9O10/c30-29-37-25-24(27(44)38-29)35-19(16-34-25)15-33-18-3-1-17(2-4-18)26(43)36-20(28(45)46)5-6-21(39)31-9-11-47-13-14-48-12-10-32-22(40)7-8-23(41)42/h1-4,16,20,33H,5-15H2,(H,31,39)(H,32,40)(H,36,43)(H,41,42)(H,45,46)(H3,30,34,37,38,44)/t20-/m0/s1. The summed E-state index contributed by atoms with van der Waals surface area (Å²) in [5, 5.41) is 28.7. The van der Waals surface area contributed by atoms with Crippen molar-refractivity contribution in [2.75, 3.05) is 50.6 Å². The van der Waals surface area contributed by atoms with Crippen LogP contribution >= 0.6 is 0 Å². The summed E-state index contributed by atoms with van der Waals surface area (Å²) in [4.78, 5) is 85.0. The molecule has 2 heterocycles. The molecule has 0 aliphatic heterocycles. The molecule has 3 rings (SSSR count). The number of ether oxygens (including phenoxy) is 2. The van der Waals surface area contributed by atoms with Crippen LogP contribution in [0.4, 0.5) is 11.6 Å². The van der Waals surface area contributed by atoms with Crippen LogP contribution in [0.15, 0.2) is 35.3 Å². The molecule has 0 saturated carbocycles. The molecular weight excluding hydrogens is 634 g/mol. The summed E-state index contributed by atoms with van der Waals surface area (Å²) in [6.45, 7) is 1.53. The Kier molecular flexibility index (Phi) is 14.6. The number of carbonyl (C=O) groups excluding carboxylic acids is 3. The predicted octanol–water partition coefficient (Wildman–Crippen LogP) is -0.999. The second-order valence-electron chi connectivity index (χ2n) is 10.1. The molecule has 2 aromatic heterocycles. The predicted molar refractivity (Wildman–Crippen MR) is 169 cm³/mol. The number of amides is 3. The van der Waals surface area contributed by atoms with E-state index in [9.17, 15) is 33.9 Å². The quantitative estimate of drug-likeness (QED) is 0.0630. The summed E-state index contributed by atoms with van der Waals surface area (Å²) < 4.78 is 10.6. The Morgan fingerprint density at radius 1 is 0.875 bits per heavy atom. The van der Waals surface area contributed by atoms with E-state index in [0.29, 0.717) is 11.4 Å². The van der Waals surface area contributed by atoms with Crippen LogP contribution in [0.3, 0.4) is 0 Å². The smallest absolute Gasteiger partial charge is 0.326 e. The van der Waals surface area contributed by atoms with Crippen molar-refractivity contribution in [2.24, 2.45) is 0 Å². The first-order chi connectivity index (χ1) is 23.0. The number of carbonyl (C=O) groups is 5. The van der Waals surface area contributed by atoms with Gasteiger partial charge in [-0.2, -0.15) is 4.98 Å². The topological polar surface area (TPSA) is 290 Å². The third-order valence-electron chi connectivity index (χ3n) is 6.45. The molecule has 0 spiro atoms. The number of fused-ring (bicyclic) bond motifs is 1. The van der Waals surface area contributed by atoms with Crippen LogP contribution in [-0.4, -0.2) is 105 Å². The van der Waals surface area contributed by atoms with Crippen molar-refractivity contribution in [1.82, 2.24) is 35.9 Å². The van der Waals surface area contributed by atoms with Gasteiger partial charge in [0.1, 0.15) is 6.04 Å². The van der Waals surface area contributed by atoms with Crippen LogP contribution in [-0.2, 0) is 35.2 Å². The number of hydrogen-bond donors (Lipinski definition) is 8. The molecule has 1 atom stereocenters. The van der Waals surface area contributed by atoms with Crippen LogP contribution in [0.1, 0.15) is 41.7 Å². The molecule has 1 aromatic carbocycles. The molecule has 0 aliphatic carbocycles. The van der Waals surface area contributed by atoms with E-state index < -0.39 is 35.4 Å². The van der Waals surface area contributed by atoms with Crippen LogP contribution in [0.2, 0.25) is 0 Å². The van der Waals surface area contributed by atoms with E-state index in [1.165, 1.54) is 18.3 Å². The highest BCUT2D eigenvalue weighted by atomic mass is 16.5. The number of nitrogen functional groups attached to an aromatic ring is 1. The highest BCUT2D eigenvalue weighted by Gasteiger charge is 2.22. The molecule has 19 nitrogen and oxygen atoms in total. The van der Waals surface area contributed by atoms with E-state index in [-0.39, 0.29) is 100 Å². The van der Waals surface area contributed by atoms with Crippen molar-refractivity contribution in [3.63, 3.8) is 0 Å². The third-order valence-corrected chi connectivity index (χ3v) is 6.45. The lowest BCUT2D eigenvalue weighted by Gasteiger charge is -2.15. The molecular formula is C29H37N9O10. The minimum absolute atomic E-state index is 0.0452. The van der Waals surface area contributed by atoms with Crippen LogP contribution < -0.4 is 32.6 Å². The van der Waals surface area contributed by atoms with Crippen molar-refractivity contribution in [3.8, 4) is 0 Å². The molecule has 0 radical (unpaired) electrons. The van der Waals surface area contributed by atoms with Gasteiger partial charge in [-0.15, -0.1) is 0 Å². The maximum Gasteiger partial charge on any atom is 0.326 e. The normalized spacial score (nSPS) is 11.4. The molecule has 0 bridgehead atoms. The number of hydrogen-bond acceptors (Lipinski definition) is 13. The number of nitrogens with one attached hydrogen (secondary N) is 5. The number of aromatic nitrogens is 4. The number of aromatic amines is 1. The number of carboxylic acids is 2. The summed E-state index contributed by atoms with van der Waals surface area (Å²) in [7, 11) is 0. The largest absolute Gasteiger partial charge is 0.481 e. The molecule has 3 amide bonds. The summed E-state index contributed by atoms with van der Waals surface area (Å²) >= 11 is 0. The number of nitrogens with zero attached hydrogens (tertiary/aromatic N) is 3. The van der Waals surface area contributed by atoms with Crippen LogP contribution in [0.25, 0.3) is 11.2 Å². The number of carboxylic acid groups (broad SMARTS) is 2. The first kappa shape index (κ1) is 36.8. The lowest BCUT2D eigenvalue weighted by atomic mass is 10.1. The maximum absolute atomic E-state index is 12.7. The lowest BCUT2D eigenvalue weighted by Crippen LogP contribution is -2.41. The molecule has 0 unspecified atom stereocenters. The average molecular weight is 672 g/mol. The zero-order valence-corrected chi connectivity index (χ0v) is 25.8. The minimum Gasteiger partial charge on any atom is -0.481 e. The Balaban J connectivity index is 1.30. The number of nitrogens with two attached hydrogens (primary N) is 1. The van der Waals surface area contributed by atoms with E-state index in [0.717, 1.165) is 0 Å². The monoisotopic (exact) mass is 671 g/mol. The second kappa shape index (κ2) is 19.1. The molecule has 258 valence electrons. The first-order valence-electron chi connectivity index (χ1n) is 14.8. The highest BCUT2D eigenvalue weighted by Crippen LogP contribution is 2.12. The van der Waals surface area contributed by atoms with Crippen molar-refractivity contribution in [3.05, 3.63) is 52.1 Å². The molecule has 0 saturated heterocycles. The fraction of sp³-hybridized carbons (Fsp3) is 0.414. The number of aliphatic carboxylic acids is 2. The van der Waals surface area contributed by atoms with Gasteiger partial charge in [-0.25, -0.2) is 14.8 Å². The molecule has 9 N–H and O–H groups in total. The van der Waals surface area contributed by atoms with Gasteiger partial charge in [0.2, 0.25) is 17.8 Å². The number of anilines is 2. The summed E-state index contributed by atoms with van der Waals surface area (Å²) in [6, 6.07) is 4.93. The summed E-state index contributed by atoms with van der Waals surface area (Å²) in [5.74, 6) is -3.81. The molecule has 19 heteroatoms. The Labute approximate surface area is 273 Å². The van der Waals surface area contributed by atoms with Gasteiger partial charge >= 0.3 is 11.9 Å². The van der Waals surface area contributed by atoms with Gasteiger partial charge < -0.3 is 46.7 Å². The molecule has 0 aliphatic rings. The van der Waals surface area contributed by atoms with Gasteiger partial charge in [0.15, 0.2) is 11.2 Å². The summed E-state index contributed by atoms with van der Waals surface area (Å²) in [5.41, 5.74) is 6.46. The zero-order valence-electron chi connectivity index (χ0n) is 25.8. The minimum atomic E-state index is -1.30. The Morgan fingerprint density at radius 3 is 2.15 bits per heavy atom. The Morgan fingerprint density at radius 2 is 1.52 bits per heavy atom. The molecule has 0 fully saturated rings. The van der Waals surface area contributed by atoms with E-state index >= 15 is 0 Å². The van der Waals surface area contributed by atoms with Crippen LogP contribution in [0, 0.1) is 0 Å². The maximum atomic E-state index is 12.7. The number of rotatable bonds is 21. The molecule has 48 heavy (non-hydrogen) atoms. The first-order valence-corrected chi connectivity index (χ1v) is 14.8. The zero-order chi connectivity index (χ0) is 34.9. The van der Waals surface area contributed by atoms with E-state index in [1.807, 2.05) is 0 Å². The van der Waals surface area contributed by atoms with Crippen molar-refractivity contribution in [1.29, 1.82) is 0 Å². The van der Waals surface area contributed by atoms with Crippen molar-refractivity contribution >= 4 is 52.5 Å². The lowest BCUT2D eigenvalue weighted by molar-refractivity contribution is -0.140. The third kappa shape index (κ3) is 13.0. The molecule has 3 aromatic rings. The number of benzene rings is 1. The van der Waals surface area contributed by atoms with Crippen molar-refractivity contribution in [2.45, 2.75) is 38.3 Å². The van der Waals surface area contributed by atoms with E-state index in [2.05, 4.69) is 41.2 Å². The van der Waals surface area contributed by atoms with Gasteiger partial charge in [-0.05, 0) is 30.7 Å². The van der Waals surface area contributed by atoms with Gasteiger partial charge in [0.25, 0.3) is 11.5 Å².